The Morgan fingerprint density at radius 2 is 2.12 bits per heavy atom. The van der Waals surface area contributed by atoms with Gasteiger partial charge in [0.05, 0.1) is 11.1 Å². The van der Waals surface area contributed by atoms with Crippen LogP contribution < -0.4 is 5.56 Å². The molecule has 0 atom stereocenters. The maximum absolute atomic E-state index is 11.7. The minimum atomic E-state index is -0.153. The molecule has 1 N–H and O–H groups in total. The van der Waals surface area contributed by atoms with Gasteiger partial charge in [0.2, 0.25) is 0 Å². The third-order valence-electron chi connectivity index (χ3n) is 3.27. The Morgan fingerprint density at radius 1 is 1.35 bits per heavy atom. The van der Waals surface area contributed by atoms with Crippen LogP contribution in [0.15, 0.2) is 17.1 Å². The molecule has 88 valence electrons. The summed E-state index contributed by atoms with van der Waals surface area (Å²) in [5.41, 5.74) is 1.90. The minimum Gasteiger partial charge on any atom is -0.267 e. The zero-order chi connectivity index (χ0) is 12.0. The maximum atomic E-state index is 11.7. The average Bonchev–Trinajstić information content (AvgIpc) is 3.12. The number of nitrogens with zero attached hydrogens (tertiary/aromatic N) is 2. The van der Waals surface area contributed by atoms with Crippen LogP contribution in [0.4, 0.5) is 0 Å². The number of hydrogen-bond donors (Lipinski definition) is 1. The molecular formula is C13H15N3O. The van der Waals surface area contributed by atoms with Crippen LogP contribution in [0.5, 0.6) is 0 Å². The lowest BCUT2D eigenvalue weighted by molar-refractivity contribution is 0.791. The van der Waals surface area contributed by atoms with Gasteiger partial charge in [-0.25, -0.2) is 5.10 Å². The van der Waals surface area contributed by atoms with Gasteiger partial charge < -0.3 is 0 Å². The van der Waals surface area contributed by atoms with Crippen molar-refractivity contribution in [2.75, 3.05) is 0 Å². The maximum Gasteiger partial charge on any atom is 0.273 e. The van der Waals surface area contributed by atoms with Gasteiger partial charge >= 0.3 is 0 Å². The summed E-state index contributed by atoms with van der Waals surface area (Å²) in [4.78, 5) is 16.1. The number of aromatic nitrogens is 3. The van der Waals surface area contributed by atoms with Crippen molar-refractivity contribution in [1.29, 1.82) is 0 Å². The Bertz CT molecular complexity index is 626. The van der Waals surface area contributed by atoms with Crippen LogP contribution in [-0.2, 0) is 0 Å². The molecule has 4 nitrogen and oxygen atoms in total. The van der Waals surface area contributed by atoms with Crippen molar-refractivity contribution in [2.24, 2.45) is 0 Å². The number of nitrogens with one attached hydrogen (secondary N) is 1. The molecule has 1 aliphatic carbocycles. The molecule has 1 saturated carbocycles. The van der Waals surface area contributed by atoms with Gasteiger partial charge in [-0.3, -0.25) is 9.78 Å². The van der Waals surface area contributed by atoms with Gasteiger partial charge in [-0.1, -0.05) is 13.8 Å². The fourth-order valence-corrected chi connectivity index (χ4v) is 2.14. The summed E-state index contributed by atoms with van der Waals surface area (Å²) in [6.45, 7) is 4.16. The Morgan fingerprint density at radius 3 is 2.76 bits per heavy atom. The van der Waals surface area contributed by atoms with Crippen molar-refractivity contribution in [3.63, 3.8) is 0 Å². The van der Waals surface area contributed by atoms with E-state index in [4.69, 9.17) is 0 Å². The first kappa shape index (κ1) is 10.4. The van der Waals surface area contributed by atoms with E-state index in [0.717, 1.165) is 16.8 Å². The lowest BCUT2D eigenvalue weighted by Crippen LogP contribution is -2.12. The first-order chi connectivity index (χ1) is 8.16. The average molecular weight is 229 g/mol. The van der Waals surface area contributed by atoms with Gasteiger partial charge in [-0.2, -0.15) is 5.10 Å². The smallest absolute Gasteiger partial charge is 0.267 e. The van der Waals surface area contributed by atoms with Crippen LogP contribution in [-0.4, -0.2) is 15.2 Å². The third-order valence-corrected chi connectivity index (χ3v) is 3.27. The second-order valence-corrected chi connectivity index (χ2v) is 5.02. The molecule has 0 aromatic carbocycles. The van der Waals surface area contributed by atoms with Crippen molar-refractivity contribution >= 4 is 10.8 Å². The molecule has 0 bridgehead atoms. The molecule has 4 heteroatoms. The second-order valence-electron chi connectivity index (χ2n) is 5.02. The summed E-state index contributed by atoms with van der Waals surface area (Å²) in [7, 11) is 0. The Balaban J connectivity index is 2.30. The number of aromatic amines is 1. The Hall–Kier alpha value is -1.71. The molecule has 0 radical (unpaired) electrons. The standard InChI is InChI=1S/C13H15N3O/c1-7(2)12-9-5-11(8-3-4-8)14-6-10(9)13(17)16-15-12/h5-8H,3-4H2,1-2H3,(H,16,17). The van der Waals surface area contributed by atoms with Gasteiger partial charge in [-0.15, -0.1) is 0 Å². The fraction of sp³-hybridized carbons (Fsp3) is 0.462. The van der Waals surface area contributed by atoms with E-state index in [2.05, 4.69) is 29.0 Å². The van der Waals surface area contributed by atoms with Crippen LogP contribution in [0.2, 0.25) is 0 Å². The van der Waals surface area contributed by atoms with Gasteiger partial charge in [-0.05, 0) is 24.8 Å². The molecule has 2 aromatic rings. The molecule has 0 unspecified atom stereocenters. The van der Waals surface area contributed by atoms with E-state index >= 15 is 0 Å². The third kappa shape index (κ3) is 1.73. The van der Waals surface area contributed by atoms with E-state index in [-0.39, 0.29) is 5.56 Å². The number of pyridine rings is 1. The summed E-state index contributed by atoms with van der Waals surface area (Å²) in [6, 6.07) is 2.05. The van der Waals surface area contributed by atoms with E-state index in [0.29, 0.717) is 17.2 Å². The molecule has 0 aliphatic heterocycles. The molecule has 0 saturated heterocycles. The monoisotopic (exact) mass is 229 g/mol. The summed E-state index contributed by atoms with van der Waals surface area (Å²) in [5, 5.41) is 8.31. The van der Waals surface area contributed by atoms with Crippen LogP contribution in [0.1, 0.15) is 49.9 Å². The van der Waals surface area contributed by atoms with Crippen LogP contribution in [0, 0.1) is 0 Å². The number of fused-ring (bicyclic) bond motifs is 1. The lowest BCUT2D eigenvalue weighted by Gasteiger charge is -2.08. The van der Waals surface area contributed by atoms with Gasteiger partial charge in [0.15, 0.2) is 0 Å². The van der Waals surface area contributed by atoms with E-state index in [9.17, 15) is 4.79 Å². The first-order valence-electron chi connectivity index (χ1n) is 6.05. The van der Waals surface area contributed by atoms with Gasteiger partial charge in [0.1, 0.15) is 0 Å². The predicted octanol–water partition coefficient (Wildman–Crippen LogP) is 2.32. The Kier molecular flexibility index (Phi) is 2.24. The SMILES string of the molecule is CC(C)c1n[nH]c(=O)c2cnc(C3CC3)cc12. The van der Waals surface area contributed by atoms with E-state index < -0.39 is 0 Å². The highest BCUT2D eigenvalue weighted by Crippen LogP contribution is 2.39. The highest BCUT2D eigenvalue weighted by Gasteiger charge is 2.25. The van der Waals surface area contributed by atoms with Crippen LogP contribution in [0.3, 0.4) is 0 Å². The largest absolute Gasteiger partial charge is 0.273 e. The first-order valence-corrected chi connectivity index (χ1v) is 6.05. The molecule has 2 heterocycles. The van der Waals surface area contributed by atoms with Crippen molar-refractivity contribution in [3.8, 4) is 0 Å². The fourth-order valence-electron chi connectivity index (χ4n) is 2.14. The quantitative estimate of drug-likeness (QED) is 0.859. The van der Waals surface area contributed by atoms with Crippen molar-refractivity contribution in [3.05, 3.63) is 34.0 Å². The number of rotatable bonds is 2. The summed E-state index contributed by atoms with van der Waals surface area (Å²) in [5.74, 6) is 0.891. The second kappa shape index (κ2) is 3.65. The van der Waals surface area contributed by atoms with Crippen LogP contribution in [0.25, 0.3) is 10.8 Å². The molecule has 2 aromatic heterocycles. The molecule has 3 rings (SSSR count). The van der Waals surface area contributed by atoms with Crippen molar-refractivity contribution in [1.82, 2.24) is 15.2 Å². The topological polar surface area (TPSA) is 58.6 Å². The highest BCUT2D eigenvalue weighted by atomic mass is 16.1. The van der Waals surface area contributed by atoms with Gasteiger partial charge in [0, 0.05) is 23.2 Å². The lowest BCUT2D eigenvalue weighted by atomic mass is 10.0. The minimum absolute atomic E-state index is 0.153. The van der Waals surface area contributed by atoms with Gasteiger partial charge in [0.25, 0.3) is 5.56 Å². The number of hydrogen-bond acceptors (Lipinski definition) is 3. The molecule has 0 amide bonds. The molecule has 1 fully saturated rings. The summed E-state index contributed by atoms with van der Waals surface area (Å²) >= 11 is 0. The molecule has 17 heavy (non-hydrogen) atoms. The van der Waals surface area contributed by atoms with Crippen molar-refractivity contribution in [2.45, 2.75) is 38.5 Å². The summed E-state index contributed by atoms with van der Waals surface area (Å²) in [6.07, 6.45) is 4.12. The van der Waals surface area contributed by atoms with Crippen LogP contribution >= 0.6 is 0 Å². The predicted molar refractivity (Wildman–Crippen MR) is 66.2 cm³/mol. The molecular weight excluding hydrogens is 214 g/mol. The van der Waals surface area contributed by atoms with Crippen molar-refractivity contribution < 1.29 is 0 Å². The normalized spacial score (nSPS) is 15.7. The Labute approximate surface area is 99.1 Å². The molecule has 1 aliphatic rings. The van der Waals surface area contributed by atoms with E-state index in [1.54, 1.807) is 6.20 Å². The zero-order valence-corrected chi connectivity index (χ0v) is 10.0. The molecule has 0 spiro atoms. The van der Waals surface area contributed by atoms with E-state index in [1.807, 2.05) is 6.07 Å². The summed E-state index contributed by atoms with van der Waals surface area (Å²) < 4.78 is 0. The number of H-pyrrole nitrogens is 1. The highest BCUT2D eigenvalue weighted by molar-refractivity contribution is 5.83. The zero-order valence-electron chi connectivity index (χ0n) is 10.0. The van der Waals surface area contributed by atoms with E-state index in [1.165, 1.54) is 12.8 Å².